The van der Waals surface area contributed by atoms with E-state index >= 15 is 0 Å². The lowest BCUT2D eigenvalue weighted by Gasteiger charge is -2.40. The summed E-state index contributed by atoms with van der Waals surface area (Å²) in [5, 5.41) is 75.8. The predicted octanol–water partition coefficient (Wildman–Crippen LogP) is 9.62. The van der Waals surface area contributed by atoms with Gasteiger partial charge in [0.1, 0.15) is 36.6 Å². The topological polar surface area (TPSA) is 189 Å². The lowest BCUT2D eigenvalue weighted by molar-refractivity contribution is -0.303. The molecule has 1 heterocycles. The number of ether oxygens (including phenoxy) is 2. The molecular weight excluding hydrogens is 787 g/mol. The number of rotatable bonds is 44. The van der Waals surface area contributed by atoms with Crippen LogP contribution in [0.2, 0.25) is 0 Å². The van der Waals surface area contributed by atoms with Gasteiger partial charge in [-0.25, -0.2) is 0 Å². The fourth-order valence-corrected chi connectivity index (χ4v) is 8.50. The monoisotopic (exact) mass is 886 g/mol. The van der Waals surface area contributed by atoms with Crippen molar-refractivity contribution in [3.8, 4) is 0 Å². The van der Waals surface area contributed by atoms with Gasteiger partial charge in [-0.15, -0.1) is 0 Å². The average Bonchev–Trinajstić information content (AvgIpc) is 3.27. The first-order chi connectivity index (χ1) is 30.2. The maximum Gasteiger partial charge on any atom is 0.249 e. The molecule has 11 nitrogen and oxygen atoms in total. The Morgan fingerprint density at radius 2 is 0.952 bits per heavy atom. The van der Waals surface area contributed by atoms with Crippen LogP contribution >= 0.6 is 0 Å². The SMILES string of the molecule is CCCCCCCCCCCCCCCCCC/C=C/CCCC(O)C(O)C(COC1OC(CO)C(O)C(O)C1O)NC(=O)C(O)CCCCCCCCCCCCCCCC. The van der Waals surface area contributed by atoms with Crippen LogP contribution in [-0.4, -0.2) is 110 Å². The highest BCUT2D eigenvalue weighted by Gasteiger charge is 2.44. The highest BCUT2D eigenvalue weighted by atomic mass is 16.7. The van der Waals surface area contributed by atoms with Gasteiger partial charge in [0.05, 0.1) is 25.4 Å². The van der Waals surface area contributed by atoms with Crippen molar-refractivity contribution in [1.29, 1.82) is 0 Å². The minimum atomic E-state index is -1.66. The van der Waals surface area contributed by atoms with Crippen LogP contribution in [-0.2, 0) is 14.3 Å². The minimum Gasteiger partial charge on any atom is -0.394 e. The molecule has 0 aromatic carbocycles. The first-order valence-electron chi connectivity index (χ1n) is 26.1. The molecule has 1 fully saturated rings. The third-order valence-electron chi connectivity index (χ3n) is 12.8. The Morgan fingerprint density at radius 3 is 1.39 bits per heavy atom. The van der Waals surface area contributed by atoms with Crippen molar-refractivity contribution in [2.75, 3.05) is 13.2 Å². The van der Waals surface area contributed by atoms with E-state index in [0.717, 1.165) is 38.5 Å². The summed E-state index contributed by atoms with van der Waals surface area (Å²) in [4.78, 5) is 13.1. The van der Waals surface area contributed by atoms with Gasteiger partial charge in [-0.1, -0.05) is 212 Å². The van der Waals surface area contributed by atoms with Gasteiger partial charge in [0.2, 0.25) is 5.91 Å². The van der Waals surface area contributed by atoms with Crippen LogP contribution in [0.1, 0.15) is 239 Å². The average molecular weight is 886 g/mol. The second kappa shape index (κ2) is 41.3. The van der Waals surface area contributed by atoms with E-state index in [1.165, 1.54) is 161 Å². The molecule has 1 aliphatic rings. The number of hydrogen-bond donors (Lipinski definition) is 8. The van der Waals surface area contributed by atoms with Crippen LogP contribution in [0.25, 0.3) is 0 Å². The number of amides is 1. The summed E-state index contributed by atoms with van der Waals surface area (Å²) in [7, 11) is 0. The van der Waals surface area contributed by atoms with Crippen LogP contribution in [0.3, 0.4) is 0 Å². The lowest BCUT2D eigenvalue weighted by atomic mass is 9.98. The zero-order chi connectivity index (χ0) is 45.5. The molecule has 62 heavy (non-hydrogen) atoms. The van der Waals surface area contributed by atoms with Crippen molar-refractivity contribution >= 4 is 5.91 Å². The smallest absolute Gasteiger partial charge is 0.249 e. The summed E-state index contributed by atoms with van der Waals surface area (Å²) in [5.74, 6) is -0.703. The Balaban J connectivity index is 2.39. The molecule has 368 valence electrons. The van der Waals surface area contributed by atoms with Gasteiger partial charge in [0.15, 0.2) is 6.29 Å². The number of nitrogens with one attached hydrogen (secondary N) is 1. The van der Waals surface area contributed by atoms with Gasteiger partial charge in [-0.3, -0.25) is 4.79 Å². The molecule has 1 aliphatic heterocycles. The second-order valence-electron chi connectivity index (χ2n) is 18.6. The molecule has 9 atom stereocenters. The second-order valence-corrected chi connectivity index (χ2v) is 18.6. The van der Waals surface area contributed by atoms with Crippen LogP contribution in [0.15, 0.2) is 12.2 Å². The number of carbonyl (C=O) groups is 1. The summed E-state index contributed by atoms with van der Waals surface area (Å²) < 4.78 is 11.1. The Morgan fingerprint density at radius 1 is 0.548 bits per heavy atom. The fraction of sp³-hybridized carbons (Fsp3) is 0.941. The Labute approximate surface area is 379 Å². The highest BCUT2D eigenvalue weighted by Crippen LogP contribution is 2.23. The van der Waals surface area contributed by atoms with E-state index in [-0.39, 0.29) is 12.8 Å². The minimum absolute atomic E-state index is 0.259. The van der Waals surface area contributed by atoms with Crippen molar-refractivity contribution in [1.82, 2.24) is 5.32 Å². The van der Waals surface area contributed by atoms with Crippen LogP contribution in [0, 0.1) is 0 Å². The number of aliphatic hydroxyl groups is 7. The molecular formula is C51H99NO10. The van der Waals surface area contributed by atoms with Gasteiger partial charge < -0.3 is 50.5 Å². The van der Waals surface area contributed by atoms with E-state index in [0.29, 0.717) is 12.8 Å². The number of unbranched alkanes of at least 4 members (excludes halogenated alkanes) is 30. The maximum absolute atomic E-state index is 13.1. The number of aliphatic hydroxyl groups excluding tert-OH is 7. The summed E-state index contributed by atoms with van der Waals surface area (Å²) in [6.07, 6.45) is 34.1. The predicted molar refractivity (Wildman–Crippen MR) is 252 cm³/mol. The maximum atomic E-state index is 13.1. The molecule has 11 heteroatoms. The molecule has 1 rings (SSSR count). The Hall–Kier alpha value is -1.15. The molecule has 0 aromatic rings. The van der Waals surface area contributed by atoms with Gasteiger partial charge >= 0.3 is 0 Å². The van der Waals surface area contributed by atoms with Crippen molar-refractivity contribution in [3.63, 3.8) is 0 Å². The number of carbonyl (C=O) groups excluding carboxylic acids is 1. The van der Waals surface area contributed by atoms with Crippen molar-refractivity contribution in [2.45, 2.75) is 294 Å². The highest BCUT2D eigenvalue weighted by molar-refractivity contribution is 5.80. The molecule has 0 spiro atoms. The third kappa shape index (κ3) is 30.1. The van der Waals surface area contributed by atoms with E-state index in [2.05, 4.69) is 31.3 Å². The van der Waals surface area contributed by atoms with Crippen LogP contribution in [0.4, 0.5) is 0 Å². The lowest BCUT2D eigenvalue weighted by Crippen LogP contribution is -2.60. The van der Waals surface area contributed by atoms with Crippen molar-refractivity contribution in [3.05, 3.63) is 12.2 Å². The van der Waals surface area contributed by atoms with E-state index in [9.17, 15) is 40.5 Å². The molecule has 8 N–H and O–H groups in total. The van der Waals surface area contributed by atoms with E-state index in [4.69, 9.17) is 9.47 Å². The Kier molecular flexibility index (Phi) is 39.2. The van der Waals surface area contributed by atoms with E-state index < -0.39 is 74.2 Å². The first-order valence-corrected chi connectivity index (χ1v) is 26.1. The molecule has 1 saturated heterocycles. The van der Waals surface area contributed by atoms with Crippen molar-refractivity contribution < 1.29 is 50.0 Å². The molecule has 9 unspecified atom stereocenters. The Bertz CT molecular complexity index is 1020. The number of allylic oxidation sites excluding steroid dienone is 2. The molecule has 0 aliphatic carbocycles. The standard InChI is InChI=1S/C51H99NO10/c1-3-5-7-9-11-13-15-17-19-20-21-22-23-24-25-27-28-30-32-34-36-38-43(54)46(56)42(41-61-51-49(59)48(58)47(57)45(40-53)62-51)52-50(60)44(55)39-37-35-33-31-29-26-18-16-14-12-10-8-6-4-2/h30,32,42-49,51,53-59H,3-29,31,33-41H2,1-2H3,(H,52,60)/b32-30+. The van der Waals surface area contributed by atoms with Gasteiger partial charge in [-0.2, -0.15) is 0 Å². The quantitative estimate of drug-likeness (QED) is 0.0216. The van der Waals surface area contributed by atoms with Gasteiger partial charge in [-0.05, 0) is 38.5 Å². The van der Waals surface area contributed by atoms with Gasteiger partial charge in [0, 0.05) is 0 Å². The van der Waals surface area contributed by atoms with E-state index in [1.54, 1.807) is 0 Å². The van der Waals surface area contributed by atoms with E-state index in [1.807, 2.05) is 0 Å². The van der Waals surface area contributed by atoms with Crippen LogP contribution < -0.4 is 5.32 Å². The molecule has 0 aromatic heterocycles. The zero-order valence-electron chi connectivity index (χ0n) is 39.9. The van der Waals surface area contributed by atoms with Crippen LogP contribution in [0.5, 0.6) is 0 Å². The summed E-state index contributed by atoms with van der Waals surface area (Å²) in [6, 6.07) is -1.18. The summed E-state index contributed by atoms with van der Waals surface area (Å²) in [5.41, 5.74) is 0. The summed E-state index contributed by atoms with van der Waals surface area (Å²) >= 11 is 0. The third-order valence-corrected chi connectivity index (χ3v) is 12.8. The van der Waals surface area contributed by atoms with Gasteiger partial charge in [0.25, 0.3) is 0 Å². The number of hydrogen-bond acceptors (Lipinski definition) is 10. The zero-order valence-corrected chi connectivity index (χ0v) is 39.9. The largest absolute Gasteiger partial charge is 0.394 e. The van der Waals surface area contributed by atoms with Crippen molar-refractivity contribution in [2.24, 2.45) is 0 Å². The fourth-order valence-electron chi connectivity index (χ4n) is 8.50. The normalized spacial score (nSPS) is 21.3. The molecule has 0 bridgehead atoms. The first kappa shape index (κ1) is 58.9. The molecule has 1 amide bonds. The summed E-state index contributed by atoms with van der Waals surface area (Å²) in [6.45, 7) is 3.45. The molecule has 0 radical (unpaired) electrons. The molecule has 0 saturated carbocycles.